The second-order valence-electron chi connectivity index (χ2n) is 8.70. The molecule has 0 fully saturated rings. The van der Waals surface area contributed by atoms with Crippen LogP contribution in [0.4, 0.5) is 5.69 Å². The fourth-order valence-electron chi connectivity index (χ4n) is 3.25. The lowest BCUT2D eigenvalue weighted by atomic mass is 9.86. The van der Waals surface area contributed by atoms with Gasteiger partial charge in [-0.15, -0.1) is 11.8 Å². The predicted molar refractivity (Wildman–Crippen MR) is 135 cm³/mol. The molecule has 3 rings (SSSR count). The van der Waals surface area contributed by atoms with Gasteiger partial charge in [0, 0.05) is 26.7 Å². The third kappa shape index (κ3) is 6.24. The Labute approximate surface area is 199 Å². The van der Waals surface area contributed by atoms with Crippen LogP contribution in [0.25, 0.3) is 0 Å². The molecule has 32 heavy (non-hydrogen) atoms. The minimum absolute atomic E-state index is 0.0334. The van der Waals surface area contributed by atoms with Gasteiger partial charge in [-0.05, 0) is 53.8 Å². The van der Waals surface area contributed by atoms with Crippen molar-refractivity contribution in [2.75, 3.05) is 5.32 Å². The number of halogens is 1. The average molecular weight is 466 g/mol. The minimum atomic E-state index is -0.250. The van der Waals surface area contributed by atoms with Gasteiger partial charge in [0.1, 0.15) is 0 Å². The van der Waals surface area contributed by atoms with E-state index in [1.54, 1.807) is 24.3 Å². The number of rotatable bonds is 7. The Morgan fingerprint density at radius 1 is 0.938 bits per heavy atom. The number of benzene rings is 3. The molecule has 166 valence electrons. The molecule has 0 bridgehead atoms. The van der Waals surface area contributed by atoms with Gasteiger partial charge in [-0.25, -0.2) is 0 Å². The molecule has 0 radical (unpaired) electrons. The van der Waals surface area contributed by atoms with Crippen molar-refractivity contribution in [1.29, 1.82) is 0 Å². The van der Waals surface area contributed by atoms with Gasteiger partial charge in [0.2, 0.25) is 5.91 Å². The van der Waals surface area contributed by atoms with Crippen LogP contribution in [0.1, 0.15) is 55.6 Å². The van der Waals surface area contributed by atoms with Gasteiger partial charge in [0.05, 0.1) is 5.25 Å². The van der Waals surface area contributed by atoms with Gasteiger partial charge < -0.3 is 5.32 Å². The Bertz CT molecular complexity index is 1090. The van der Waals surface area contributed by atoms with E-state index in [2.05, 4.69) is 26.1 Å². The van der Waals surface area contributed by atoms with E-state index in [-0.39, 0.29) is 22.4 Å². The van der Waals surface area contributed by atoms with Gasteiger partial charge in [-0.2, -0.15) is 0 Å². The fourth-order valence-corrected chi connectivity index (χ4v) is 4.33. The van der Waals surface area contributed by atoms with Crippen LogP contribution >= 0.6 is 23.4 Å². The fraction of sp³-hybridized carbons (Fsp3) is 0.259. The van der Waals surface area contributed by atoms with E-state index in [1.807, 2.05) is 55.5 Å². The van der Waals surface area contributed by atoms with Crippen LogP contribution in [-0.2, 0) is 10.2 Å². The summed E-state index contributed by atoms with van der Waals surface area (Å²) in [6.45, 7) is 8.41. The number of thioether (sulfide) groups is 1. The highest BCUT2D eigenvalue weighted by molar-refractivity contribution is 8.00. The lowest BCUT2D eigenvalue weighted by Gasteiger charge is -2.19. The van der Waals surface area contributed by atoms with Gasteiger partial charge in [0.25, 0.3) is 0 Å². The number of carbonyl (C=O) groups excluding carboxylic acids is 2. The van der Waals surface area contributed by atoms with Crippen molar-refractivity contribution in [3.8, 4) is 0 Å². The van der Waals surface area contributed by atoms with Crippen molar-refractivity contribution < 1.29 is 9.59 Å². The zero-order chi connectivity index (χ0) is 23.3. The zero-order valence-electron chi connectivity index (χ0n) is 18.8. The van der Waals surface area contributed by atoms with E-state index >= 15 is 0 Å². The first kappa shape index (κ1) is 24.1. The molecule has 3 aromatic carbocycles. The third-order valence-corrected chi connectivity index (χ3v) is 6.79. The quantitative estimate of drug-likeness (QED) is 0.292. The molecule has 1 N–H and O–H groups in total. The lowest BCUT2D eigenvalue weighted by Crippen LogP contribution is -2.24. The summed E-state index contributed by atoms with van der Waals surface area (Å²) in [5, 5.41) is 3.38. The van der Waals surface area contributed by atoms with E-state index in [0.717, 1.165) is 4.90 Å². The van der Waals surface area contributed by atoms with Gasteiger partial charge in [0.15, 0.2) is 5.78 Å². The Morgan fingerprint density at radius 3 is 2.19 bits per heavy atom. The summed E-state index contributed by atoms with van der Waals surface area (Å²) in [5.74, 6) is -0.157. The number of nitrogens with one attached hydrogen (secondary N) is 1. The number of anilines is 1. The molecular formula is C27H28ClNO2S. The summed E-state index contributed by atoms with van der Waals surface area (Å²) in [6.07, 6.45) is 0.678. The van der Waals surface area contributed by atoms with Crippen LogP contribution in [0.5, 0.6) is 0 Å². The highest BCUT2D eigenvalue weighted by Crippen LogP contribution is 2.28. The molecule has 0 spiro atoms. The maximum atomic E-state index is 13.0. The molecule has 5 heteroatoms. The largest absolute Gasteiger partial charge is 0.325 e. The summed E-state index contributed by atoms with van der Waals surface area (Å²) in [4.78, 5) is 26.8. The standard InChI is InChI=1S/C27H28ClNO2S/c1-5-24(32-23-15-13-21(28)14-16-23)26(31)29-22-8-6-7-19(17-22)25(30)18-9-11-20(12-10-18)27(2,3)4/h6-17,24H,5H2,1-4H3,(H,29,31)/t24-/m1/s1. The average Bonchev–Trinajstić information content (AvgIpc) is 2.77. The summed E-state index contributed by atoms with van der Waals surface area (Å²) < 4.78 is 0. The lowest BCUT2D eigenvalue weighted by molar-refractivity contribution is -0.115. The summed E-state index contributed by atoms with van der Waals surface area (Å²) in [7, 11) is 0. The van der Waals surface area contributed by atoms with Crippen LogP contribution in [-0.4, -0.2) is 16.9 Å². The van der Waals surface area contributed by atoms with Crippen molar-refractivity contribution in [1.82, 2.24) is 0 Å². The topological polar surface area (TPSA) is 46.2 Å². The maximum Gasteiger partial charge on any atom is 0.237 e. The first-order valence-corrected chi connectivity index (χ1v) is 11.9. The monoisotopic (exact) mass is 465 g/mol. The van der Waals surface area contributed by atoms with E-state index in [4.69, 9.17) is 11.6 Å². The minimum Gasteiger partial charge on any atom is -0.325 e. The van der Waals surface area contributed by atoms with E-state index in [9.17, 15) is 9.59 Å². The molecule has 0 unspecified atom stereocenters. The first-order chi connectivity index (χ1) is 15.2. The summed E-state index contributed by atoms with van der Waals surface area (Å²) >= 11 is 7.45. The predicted octanol–water partition coefficient (Wildman–Crippen LogP) is 7.38. The van der Waals surface area contributed by atoms with Crippen molar-refractivity contribution in [2.24, 2.45) is 0 Å². The Kier molecular flexibility index (Phi) is 7.81. The van der Waals surface area contributed by atoms with Gasteiger partial charge in [-0.3, -0.25) is 9.59 Å². The highest BCUT2D eigenvalue weighted by atomic mass is 35.5. The number of ketones is 1. The molecule has 3 aromatic rings. The molecule has 0 aliphatic heterocycles. The van der Waals surface area contributed by atoms with Crippen molar-refractivity contribution in [3.05, 3.63) is 94.5 Å². The summed E-state index contributed by atoms with van der Waals surface area (Å²) in [5.41, 5.74) is 3.00. The van der Waals surface area contributed by atoms with Crippen LogP contribution < -0.4 is 5.32 Å². The Balaban J connectivity index is 1.71. The normalized spacial score (nSPS) is 12.3. The summed E-state index contributed by atoms with van der Waals surface area (Å²) in [6, 6.07) is 22.3. The highest BCUT2D eigenvalue weighted by Gasteiger charge is 2.19. The van der Waals surface area contributed by atoms with Crippen LogP contribution in [0.15, 0.2) is 77.7 Å². The SMILES string of the molecule is CC[C@@H](Sc1ccc(Cl)cc1)C(=O)Nc1cccc(C(=O)c2ccc(C(C)(C)C)cc2)c1. The van der Waals surface area contributed by atoms with Crippen LogP contribution in [0, 0.1) is 0 Å². The van der Waals surface area contributed by atoms with Crippen LogP contribution in [0.3, 0.4) is 0 Å². The Hall–Kier alpha value is -2.56. The zero-order valence-corrected chi connectivity index (χ0v) is 20.4. The molecule has 0 saturated carbocycles. The molecule has 1 atom stereocenters. The third-order valence-electron chi connectivity index (χ3n) is 5.16. The molecular weight excluding hydrogens is 438 g/mol. The molecule has 1 amide bonds. The number of amides is 1. The molecule has 0 aliphatic carbocycles. The Morgan fingerprint density at radius 2 is 1.59 bits per heavy atom. The van der Waals surface area contributed by atoms with Crippen molar-refractivity contribution in [2.45, 2.75) is 49.7 Å². The number of carbonyl (C=O) groups is 2. The van der Waals surface area contributed by atoms with Crippen molar-refractivity contribution in [3.63, 3.8) is 0 Å². The van der Waals surface area contributed by atoms with E-state index < -0.39 is 0 Å². The van der Waals surface area contributed by atoms with Crippen molar-refractivity contribution >= 4 is 40.7 Å². The first-order valence-electron chi connectivity index (χ1n) is 10.7. The second-order valence-corrected chi connectivity index (χ2v) is 10.4. The smallest absolute Gasteiger partial charge is 0.237 e. The number of hydrogen-bond donors (Lipinski definition) is 1. The van der Waals surface area contributed by atoms with Crippen LogP contribution in [0.2, 0.25) is 5.02 Å². The maximum absolute atomic E-state index is 13.0. The molecule has 0 heterocycles. The second kappa shape index (κ2) is 10.4. The molecule has 0 aliphatic rings. The number of hydrogen-bond acceptors (Lipinski definition) is 3. The van der Waals surface area contributed by atoms with Gasteiger partial charge in [-0.1, -0.05) is 75.7 Å². The van der Waals surface area contributed by atoms with E-state index in [1.165, 1.54) is 17.3 Å². The van der Waals surface area contributed by atoms with Gasteiger partial charge >= 0.3 is 0 Å². The molecule has 0 aromatic heterocycles. The van der Waals surface area contributed by atoms with E-state index in [0.29, 0.717) is 28.3 Å². The molecule has 3 nitrogen and oxygen atoms in total. The molecule has 0 saturated heterocycles.